The summed E-state index contributed by atoms with van der Waals surface area (Å²) < 4.78 is 2.10. The Hall–Kier alpha value is -1.13. The highest BCUT2D eigenvalue weighted by atomic mass is 32.1. The molecule has 0 bridgehead atoms. The van der Waals surface area contributed by atoms with Crippen molar-refractivity contribution in [3.63, 3.8) is 0 Å². The number of aliphatic hydroxyl groups excluding tert-OH is 1. The van der Waals surface area contributed by atoms with Crippen molar-refractivity contribution in [3.05, 3.63) is 40.3 Å². The number of hydrogen-bond acceptors (Lipinski definition) is 3. The average molecular weight is 276 g/mol. The van der Waals surface area contributed by atoms with Crippen LogP contribution in [0.25, 0.3) is 0 Å². The zero-order valence-corrected chi connectivity index (χ0v) is 11.9. The molecule has 4 heteroatoms. The van der Waals surface area contributed by atoms with Gasteiger partial charge in [0.1, 0.15) is 0 Å². The summed E-state index contributed by atoms with van der Waals surface area (Å²) in [6.07, 6.45) is 8.26. The highest BCUT2D eigenvalue weighted by molar-refractivity contribution is 7.09. The molecule has 102 valence electrons. The predicted octanol–water partition coefficient (Wildman–Crippen LogP) is 3.21. The van der Waals surface area contributed by atoms with Gasteiger partial charge in [0.15, 0.2) is 0 Å². The molecule has 1 unspecified atom stereocenters. The Morgan fingerprint density at radius 1 is 1.32 bits per heavy atom. The molecule has 3 nitrogen and oxygen atoms in total. The Bertz CT molecular complexity index is 500. The molecule has 0 aromatic carbocycles. The van der Waals surface area contributed by atoms with Crippen LogP contribution in [0.3, 0.4) is 0 Å². The Morgan fingerprint density at radius 2 is 2.16 bits per heavy atom. The molecule has 0 amide bonds. The standard InChI is InChI=1S/C15H20N2OS/c18-14(11-15-6-3-9-19-15)10-12-7-8-17(16-12)13-4-1-2-5-13/h3,6-9,13-14,18H,1-2,4-5,10-11H2. The van der Waals surface area contributed by atoms with E-state index in [2.05, 4.69) is 33.5 Å². The summed E-state index contributed by atoms with van der Waals surface area (Å²) in [5.74, 6) is 0. The van der Waals surface area contributed by atoms with Gasteiger partial charge in [0.05, 0.1) is 17.8 Å². The van der Waals surface area contributed by atoms with E-state index in [0.29, 0.717) is 12.5 Å². The monoisotopic (exact) mass is 276 g/mol. The first-order valence-corrected chi connectivity index (χ1v) is 7.94. The first kappa shape index (κ1) is 12.9. The molecule has 3 rings (SSSR count). The van der Waals surface area contributed by atoms with Gasteiger partial charge >= 0.3 is 0 Å². The van der Waals surface area contributed by atoms with Gasteiger partial charge in [-0.25, -0.2) is 0 Å². The summed E-state index contributed by atoms with van der Waals surface area (Å²) in [7, 11) is 0. The Morgan fingerprint density at radius 3 is 2.89 bits per heavy atom. The lowest BCUT2D eigenvalue weighted by Crippen LogP contribution is -2.14. The highest BCUT2D eigenvalue weighted by Gasteiger charge is 2.18. The molecule has 2 heterocycles. The van der Waals surface area contributed by atoms with Crippen LogP contribution in [0.1, 0.15) is 42.3 Å². The predicted molar refractivity (Wildman–Crippen MR) is 77.5 cm³/mol. The lowest BCUT2D eigenvalue weighted by molar-refractivity contribution is 0.174. The minimum absolute atomic E-state index is 0.328. The quantitative estimate of drug-likeness (QED) is 0.910. The number of nitrogens with zero attached hydrogens (tertiary/aromatic N) is 2. The molecule has 1 aliphatic rings. The Labute approximate surface area is 117 Å². The molecule has 0 aliphatic heterocycles. The SMILES string of the molecule is OC(Cc1ccn(C2CCCC2)n1)Cc1cccs1. The van der Waals surface area contributed by atoms with Gasteiger partial charge in [0, 0.05) is 23.9 Å². The number of aliphatic hydroxyl groups is 1. The number of aromatic nitrogens is 2. The molecule has 0 spiro atoms. The summed E-state index contributed by atoms with van der Waals surface area (Å²) in [4.78, 5) is 1.24. The molecule has 1 N–H and O–H groups in total. The number of hydrogen-bond donors (Lipinski definition) is 1. The molecule has 0 saturated heterocycles. The normalized spacial score (nSPS) is 17.9. The van der Waals surface area contributed by atoms with Crippen molar-refractivity contribution in [2.75, 3.05) is 0 Å². The van der Waals surface area contributed by atoms with Crippen LogP contribution < -0.4 is 0 Å². The van der Waals surface area contributed by atoms with E-state index >= 15 is 0 Å². The van der Waals surface area contributed by atoms with Crippen molar-refractivity contribution in [1.29, 1.82) is 0 Å². The molecule has 1 atom stereocenters. The fraction of sp³-hybridized carbons (Fsp3) is 0.533. The zero-order chi connectivity index (χ0) is 13.1. The Kier molecular flexibility index (Phi) is 3.99. The van der Waals surface area contributed by atoms with Crippen LogP contribution in [0, 0.1) is 0 Å². The molecule has 1 fully saturated rings. The van der Waals surface area contributed by atoms with Crippen LogP contribution in [-0.2, 0) is 12.8 Å². The van der Waals surface area contributed by atoms with E-state index in [9.17, 15) is 5.11 Å². The topological polar surface area (TPSA) is 38.0 Å². The van der Waals surface area contributed by atoms with Crippen molar-refractivity contribution in [2.45, 2.75) is 50.7 Å². The second-order valence-electron chi connectivity index (χ2n) is 5.37. The second kappa shape index (κ2) is 5.88. The van der Waals surface area contributed by atoms with Gasteiger partial charge in [0.25, 0.3) is 0 Å². The van der Waals surface area contributed by atoms with E-state index in [1.165, 1.54) is 30.6 Å². The molecule has 1 saturated carbocycles. The third-order valence-electron chi connectivity index (χ3n) is 3.82. The summed E-state index contributed by atoms with van der Waals surface area (Å²) >= 11 is 1.70. The fourth-order valence-electron chi connectivity index (χ4n) is 2.83. The first-order chi connectivity index (χ1) is 9.31. The van der Waals surface area contributed by atoms with Crippen LogP contribution in [0.15, 0.2) is 29.8 Å². The number of thiophene rings is 1. The first-order valence-electron chi connectivity index (χ1n) is 7.06. The van der Waals surface area contributed by atoms with E-state index in [-0.39, 0.29) is 6.10 Å². The van der Waals surface area contributed by atoms with Gasteiger partial charge in [-0.2, -0.15) is 5.10 Å². The molecule has 2 aromatic rings. The third-order valence-corrected chi connectivity index (χ3v) is 4.72. The molecular formula is C15H20N2OS. The van der Waals surface area contributed by atoms with E-state index in [0.717, 1.165) is 12.1 Å². The van der Waals surface area contributed by atoms with Crippen molar-refractivity contribution in [3.8, 4) is 0 Å². The summed E-state index contributed by atoms with van der Waals surface area (Å²) in [5, 5.41) is 16.8. The maximum absolute atomic E-state index is 10.1. The van der Waals surface area contributed by atoms with E-state index in [1.54, 1.807) is 11.3 Å². The van der Waals surface area contributed by atoms with Gasteiger partial charge < -0.3 is 5.11 Å². The molecular weight excluding hydrogens is 256 g/mol. The molecule has 2 aromatic heterocycles. The van der Waals surface area contributed by atoms with Crippen LogP contribution >= 0.6 is 11.3 Å². The van der Waals surface area contributed by atoms with E-state index in [1.807, 2.05) is 6.07 Å². The largest absolute Gasteiger partial charge is 0.392 e. The van der Waals surface area contributed by atoms with Gasteiger partial charge in [-0.05, 0) is 30.4 Å². The van der Waals surface area contributed by atoms with E-state index in [4.69, 9.17) is 0 Å². The van der Waals surface area contributed by atoms with Crippen molar-refractivity contribution in [2.24, 2.45) is 0 Å². The van der Waals surface area contributed by atoms with Crippen LogP contribution in [0.4, 0.5) is 0 Å². The summed E-state index contributed by atoms with van der Waals surface area (Å²) in [6, 6.07) is 6.74. The maximum atomic E-state index is 10.1. The minimum Gasteiger partial charge on any atom is -0.392 e. The van der Waals surface area contributed by atoms with E-state index < -0.39 is 0 Å². The van der Waals surface area contributed by atoms with Gasteiger partial charge in [0.2, 0.25) is 0 Å². The fourth-order valence-corrected chi connectivity index (χ4v) is 3.61. The van der Waals surface area contributed by atoms with Crippen LogP contribution in [0.5, 0.6) is 0 Å². The average Bonchev–Trinajstić information content (AvgIpc) is 3.09. The van der Waals surface area contributed by atoms with Crippen molar-refractivity contribution < 1.29 is 5.11 Å². The zero-order valence-electron chi connectivity index (χ0n) is 11.0. The van der Waals surface area contributed by atoms with Crippen molar-refractivity contribution >= 4 is 11.3 Å². The van der Waals surface area contributed by atoms with Crippen molar-refractivity contribution in [1.82, 2.24) is 9.78 Å². The van der Waals surface area contributed by atoms with Gasteiger partial charge in [-0.1, -0.05) is 18.9 Å². The third kappa shape index (κ3) is 3.25. The second-order valence-corrected chi connectivity index (χ2v) is 6.40. The number of rotatable bonds is 5. The summed E-state index contributed by atoms with van der Waals surface area (Å²) in [6.45, 7) is 0. The minimum atomic E-state index is -0.328. The van der Waals surface area contributed by atoms with Crippen LogP contribution in [0.2, 0.25) is 0 Å². The molecule has 19 heavy (non-hydrogen) atoms. The lowest BCUT2D eigenvalue weighted by atomic mass is 10.1. The smallest absolute Gasteiger partial charge is 0.0650 e. The van der Waals surface area contributed by atoms with Crippen LogP contribution in [-0.4, -0.2) is 21.0 Å². The molecule has 0 radical (unpaired) electrons. The summed E-state index contributed by atoms with van der Waals surface area (Å²) in [5.41, 5.74) is 1.01. The lowest BCUT2D eigenvalue weighted by Gasteiger charge is -2.10. The van der Waals surface area contributed by atoms with Gasteiger partial charge in [-0.15, -0.1) is 11.3 Å². The molecule has 1 aliphatic carbocycles. The maximum Gasteiger partial charge on any atom is 0.0650 e. The highest BCUT2D eigenvalue weighted by Crippen LogP contribution is 2.28. The van der Waals surface area contributed by atoms with Gasteiger partial charge in [-0.3, -0.25) is 4.68 Å². The Balaban J connectivity index is 1.57.